The van der Waals surface area contributed by atoms with Crippen molar-refractivity contribution in [2.45, 2.75) is 18.6 Å². The van der Waals surface area contributed by atoms with E-state index in [9.17, 15) is 9.59 Å². The fourth-order valence-electron chi connectivity index (χ4n) is 3.07. The third kappa shape index (κ3) is 4.86. The van der Waals surface area contributed by atoms with Gasteiger partial charge in [-0.3, -0.25) is 9.59 Å². The second-order valence-corrected chi connectivity index (χ2v) is 6.40. The van der Waals surface area contributed by atoms with Gasteiger partial charge in [-0.05, 0) is 24.1 Å². The molecule has 1 aliphatic rings. The minimum atomic E-state index is -0.731. The van der Waals surface area contributed by atoms with E-state index in [1.165, 1.54) is 0 Å². The predicted molar refractivity (Wildman–Crippen MR) is 101 cm³/mol. The van der Waals surface area contributed by atoms with E-state index in [-0.39, 0.29) is 18.4 Å². The SMILES string of the molecule is CN1C(=O)CO[C@@H](C(=O)NCCCOc2ccccc2)[C@@H]1c1ccccc1. The second kappa shape index (κ2) is 9.19. The number of hydrogen-bond donors (Lipinski definition) is 1. The third-order valence-corrected chi connectivity index (χ3v) is 4.52. The lowest BCUT2D eigenvalue weighted by Gasteiger charge is -2.38. The van der Waals surface area contributed by atoms with Crippen LogP contribution >= 0.6 is 0 Å². The normalized spacial score (nSPS) is 19.6. The van der Waals surface area contributed by atoms with Gasteiger partial charge in [-0.1, -0.05) is 48.5 Å². The number of likely N-dealkylation sites (N-methyl/N-ethyl adjacent to an activating group) is 1. The zero-order valence-electron chi connectivity index (χ0n) is 15.3. The summed E-state index contributed by atoms with van der Waals surface area (Å²) < 4.78 is 11.2. The predicted octanol–water partition coefficient (Wildman–Crippen LogP) is 2.17. The topological polar surface area (TPSA) is 67.9 Å². The Hall–Kier alpha value is -2.86. The van der Waals surface area contributed by atoms with Crippen LogP contribution in [-0.2, 0) is 14.3 Å². The lowest BCUT2D eigenvalue weighted by molar-refractivity contribution is -0.162. The molecule has 0 unspecified atom stereocenters. The highest BCUT2D eigenvalue weighted by Gasteiger charge is 2.39. The highest BCUT2D eigenvalue weighted by atomic mass is 16.5. The largest absolute Gasteiger partial charge is 0.494 e. The van der Waals surface area contributed by atoms with Crippen LogP contribution in [0.2, 0.25) is 0 Å². The van der Waals surface area contributed by atoms with E-state index in [0.717, 1.165) is 11.3 Å². The highest BCUT2D eigenvalue weighted by molar-refractivity contribution is 5.86. The fourth-order valence-corrected chi connectivity index (χ4v) is 3.07. The van der Waals surface area contributed by atoms with Gasteiger partial charge in [-0.25, -0.2) is 0 Å². The zero-order valence-corrected chi connectivity index (χ0v) is 15.3. The molecule has 0 aromatic heterocycles. The first-order valence-corrected chi connectivity index (χ1v) is 9.04. The van der Waals surface area contributed by atoms with Gasteiger partial charge in [0, 0.05) is 13.6 Å². The molecular weight excluding hydrogens is 344 g/mol. The maximum atomic E-state index is 12.7. The van der Waals surface area contributed by atoms with Crippen LogP contribution in [-0.4, -0.2) is 49.6 Å². The molecule has 1 saturated heterocycles. The number of amides is 2. The molecule has 2 atom stereocenters. The number of carbonyl (C=O) groups is 2. The molecule has 3 rings (SSSR count). The molecule has 1 aliphatic heterocycles. The number of carbonyl (C=O) groups excluding carboxylic acids is 2. The van der Waals surface area contributed by atoms with Crippen molar-refractivity contribution in [2.24, 2.45) is 0 Å². The van der Waals surface area contributed by atoms with Gasteiger partial charge in [0.2, 0.25) is 5.91 Å². The summed E-state index contributed by atoms with van der Waals surface area (Å²) in [5.41, 5.74) is 0.876. The zero-order chi connectivity index (χ0) is 19.1. The van der Waals surface area contributed by atoms with Gasteiger partial charge >= 0.3 is 0 Å². The number of hydrogen-bond acceptors (Lipinski definition) is 4. The van der Waals surface area contributed by atoms with Crippen molar-refractivity contribution in [1.29, 1.82) is 0 Å². The van der Waals surface area contributed by atoms with Crippen LogP contribution in [0.3, 0.4) is 0 Å². The van der Waals surface area contributed by atoms with Crippen LogP contribution in [0, 0.1) is 0 Å². The Bertz CT molecular complexity index is 751. The molecule has 2 aromatic carbocycles. The molecule has 6 heteroatoms. The van der Waals surface area contributed by atoms with Crippen molar-refractivity contribution in [1.82, 2.24) is 10.2 Å². The van der Waals surface area contributed by atoms with Crippen LogP contribution in [0.4, 0.5) is 0 Å². The van der Waals surface area contributed by atoms with Gasteiger partial charge in [-0.15, -0.1) is 0 Å². The number of nitrogens with zero attached hydrogens (tertiary/aromatic N) is 1. The third-order valence-electron chi connectivity index (χ3n) is 4.52. The number of nitrogens with one attached hydrogen (secondary N) is 1. The molecule has 0 bridgehead atoms. The fraction of sp³-hybridized carbons (Fsp3) is 0.333. The maximum absolute atomic E-state index is 12.7. The first-order chi connectivity index (χ1) is 13.2. The van der Waals surface area contributed by atoms with E-state index in [1.54, 1.807) is 11.9 Å². The Morgan fingerprint density at radius 3 is 2.52 bits per heavy atom. The molecular formula is C21H24N2O4. The van der Waals surface area contributed by atoms with E-state index in [0.29, 0.717) is 19.6 Å². The van der Waals surface area contributed by atoms with E-state index in [4.69, 9.17) is 9.47 Å². The lowest BCUT2D eigenvalue weighted by Crippen LogP contribution is -2.53. The molecule has 0 spiro atoms. The average molecular weight is 368 g/mol. The van der Waals surface area contributed by atoms with Crippen molar-refractivity contribution in [3.8, 4) is 5.75 Å². The Morgan fingerprint density at radius 1 is 1.15 bits per heavy atom. The van der Waals surface area contributed by atoms with E-state index >= 15 is 0 Å². The molecule has 1 N–H and O–H groups in total. The van der Waals surface area contributed by atoms with Gasteiger partial charge in [0.25, 0.3) is 5.91 Å². The summed E-state index contributed by atoms with van der Waals surface area (Å²) >= 11 is 0. The van der Waals surface area contributed by atoms with Crippen molar-refractivity contribution >= 4 is 11.8 Å². The first kappa shape index (κ1) is 18.9. The molecule has 6 nitrogen and oxygen atoms in total. The standard InChI is InChI=1S/C21H24N2O4/c1-23-18(24)15-27-20(19(23)16-9-4-2-5-10-16)21(25)22-13-8-14-26-17-11-6-3-7-12-17/h2-7,9-12,19-20H,8,13-15H2,1H3,(H,22,25)/t19-,20+/m0/s1. The monoisotopic (exact) mass is 368 g/mol. The Kier molecular flexibility index (Phi) is 6.44. The van der Waals surface area contributed by atoms with Crippen molar-refractivity contribution in [3.63, 3.8) is 0 Å². The van der Waals surface area contributed by atoms with Crippen LogP contribution in [0.5, 0.6) is 5.75 Å². The summed E-state index contributed by atoms with van der Waals surface area (Å²) in [6, 6.07) is 18.6. The summed E-state index contributed by atoms with van der Waals surface area (Å²) in [6.45, 7) is 0.899. The second-order valence-electron chi connectivity index (χ2n) is 6.40. The van der Waals surface area contributed by atoms with E-state index < -0.39 is 12.1 Å². The van der Waals surface area contributed by atoms with Gasteiger partial charge in [0.15, 0.2) is 6.10 Å². The molecule has 2 aromatic rings. The summed E-state index contributed by atoms with van der Waals surface area (Å²) in [6.07, 6.45) is -0.0527. The maximum Gasteiger partial charge on any atom is 0.251 e. The average Bonchev–Trinajstić information content (AvgIpc) is 2.71. The van der Waals surface area contributed by atoms with Crippen molar-refractivity contribution < 1.29 is 19.1 Å². The van der Waals surface area contributed by atoms with Gasteiger partial charge in [0.05, 0.1) is 12.6 Å². The Balaban J connectivity index is 1.53. The summed E-state index contributed by atoms with van der Waals surface area (Å²) in [4.78, 5) is 26.3. The molecule has 2 amide bonds. The molecule has 0 radical (unpaired) electrons. The molecule has 0 aliphatic carbocycles. The number of rotatable bonds is 7. The Labute approximate surface area is 159 Å². The molecule has 27 heavy (non-hydrogen) atoms. The molecule has 0 saturated carbocycles. The van der Waals surface area contributed by atoms with E-state index in [2.05, 4.69) is 5.32 Å². The highest BCUT2D eigenvalue weighted by Crippen LogP contribution is 2.29. The number of para-hydroxylation sites is 1. The Morgan fingerprint density at radius 2 is 1.81 bits per heavy atom. The smallest absolute Gasteiger partial charge is 0.251 e. The lowest BCUT2D eigenvalue weighted by atomic mass is 9.97. The van der Waals surface area contributed by atoms with Crippen LogP contribution in [0.25, 0.3) is 0 Å². The minimum Gasteiger partial charge on any atom is -0.494 e. The van der Waals surface area contributed by atoms with E-state index in [1.807, 2.05) is 60.7 Å². The summed E-state index contributed by atoms with van der Waals surface area (Å²) in [7, 11) is 1.70. The van der Waals surface area contributed by atoms with Crippen molar-refractivity contribution in [2.75, 3.05) is 26.8 Å². The summed E-state index contributed by atoms with van der Waals surface area (Å²) in [5.74, 6) is 0.454. The van der Waals surface area contributed by atoms with Gasteiger partial charge < -0.3 is 19.7 Å². The first-order valence-electron chi connectivity index (χ1n) is 9.04. The van der Waals surface area contributed by atoms with Crippen LogP contribution in [0.15, 0.2) is 60.7 Å². The van der Waals surface area contributed by atoms with Gasteiger partial charge in [-0.2, -0.15) is 0 Å². The quantitative estimate of drug-likeness (QED) is 0.761. The molecule has 142 valence electrons. The van der Waals surface area contributed by atoms with Crippen molar-refractivity contribution in [3.05, 3.63) is 66.2 Å². The number of ether oxygens (including phenoxy) is 2. The molecule has 1 heterocycles. The minimum absolute atomic E-state index is 0.0883. The van der Waals surface area contributed by atoms with Gasteiger partial charge in [0.1, 0.15) is 12.4 Å². The summed E-state index contributed by atoms with van der Waals surface area (Å²) in [5, 5.41) is 2.89. The van der Waals surface area contributed by atoms with Crippen LogP contribution in [0.1, 0.15) is 18.0 Å². The number of morpholine rings is 1. The number of benzene rings is 2. The van der Waals surface area contributed by atoms with Crippen LogP contribution < -0.4 is 10.1 Å². The molecule has 1 fully saturated rings.